The highest BCUT2D eigenvalue weighted by atomic mass is 16.6. The van der Waals surface area contributed by atoms with Gasteiger partial charge >= 0.3 is 6.09 Å². The minimum absolute atomic E-state index is 0.0437. The second-order valence-electron chi connectivity index (χ2n) is 9.90. The van der Waals surface area contributed by atoms with E-state index < -0.39 is 23.3 Å². The van der Waals surface area contributed by atoms with E-state index >= 15 is 0 Å². The fourth-order valence-corrected chi connectivity index (χ4v) is 4.41. The summed E-state index contributed by atoms with van der Waals surface area (Å²) in [5.41, 5.74) is 0.627. The first kappa shape index (κ1) is 26.2. The molecule has 10 nitrogen and oxygen atoms in total. The number of ketones is 2. The molecule has 196 valence electrons. The fraction of sp³-hybridized carbons (Fsp3) is 0.407. The van der Waals surface area contributed by atoms with Crippen LogP contribution in [0.15, 0.2) is 36.0 Å². The Balaban J connectivity index is 1.78. The zero-order valence-electron chi connectivity index (χ0n) is 21.7. The molecule has 1 saturated heterocycles. The second-order valence-corrected chi connectivity index (χ2v) is 9.90. The van der Waals surface area contributed by atoms with Gasteiger partial charge in [0.25, 0.3) is 5.91 Å². The lowest BCUT2D eigenvalue weighted by molar-refractivity contribution is 0.0301. The third-order valence-electron chi connectivity index (χ3n) is 6.15. The number of ether oxygens (including phenoxy) is 3. The smallest absolute Gasteiger partial charge is 0.412 e. The predicted molar refractivity (Wildman–Crippen MR) is 134 cm³/mol. The van der Waals surface area contributed by atoms with Crippen molar-refractivity contribution in [3.05, 3.63) is 64.1 Å². The van der Waals surface area contributed by atoms with Gasteiger partial charge in [-0.2, -0.15) is 0 Å². The topological polar surface area (TPSA) is 116 Å². The second kappa shape index (κ2) is 10.2. The summed E-state index contributed by atoms with van der Waals surface area (Å²) in [4.78, 5) is 54.6. The number of hydrogen-bond acceptors (Lipinski definition) is 7. The summed E-state index contributed by atoms with van der Waals surface area (Å²) in [5.74, 6) is -0.758. The number of morpholine rings is 1. The number of carbonyl (C=O) groups is 4. The van der Waals surface area contributed by atoms with Crippen molar-refractivity contribution in [2.45, 2.75) is 39.8 Å². The number of amides is 2. The molecule has 2 aliphatic rings. The number of benzene rings is 1. The molecule has 1 N–H and O–H groups in total. The third kappa shape index (κ3) is 5.43. The van der Waals surface area contributed by atoms with Crippen molar-refractivity contribution in [2.24, 2.45) is 0 Å². The Kier molecular flexibility index (Phi) is 7.22. The molecule has 0 spiro atoms. The van der Waals surface area contributed by atoms with Gasteiger partial charge in [0, 0.05) is 31.4 Å². The van der Waals surface area contributed by atoms with Gasteiger partial charge in [-0.05, 0) is 45.4 Å². The van der Waals surface area contributed by atoms with Gasteiger partial charge in [-0.3, -0.25) is 19.7 Å². The van der Waals surface area contributed by atoms with Crippen molar-refractivity contribution in [1.29, 1.82) is 0 Å². The van der Waals surface area contributed by atoms with Crippen LogP contribution in [0.3, 0.4) is 0 Å². The summed E-state index contributed by atoms with van der Waals surface area (Å²) in [7, 11) is 1.57. The van der Waals surface area contributed by atoms with Gasteiger partial charge in [0.2, 0.25) is 5.78 Å². The average molecular weight is 510 g/mol. The number of carbonyl (C=O) groups excluding carboxylic acids is 4. The van der Waals surface area contributed by atoms with E-state index in [4.69, 9.17) is 14.2 Å². The van der Waals surface area contributed by atoms with Crippen molar-refractivity contribution in [3.63, 3.8) is 0 Å². The summed E-state index contributed by atoms with van der Waals surface area (Å²) in [5, 5.41) is 2.41. The number of aromatic nitrogens is 1. The number of hydrogen-bond donors (Lipinski definition) is 1. The molecule has 1 aliphatic heterocycles. The molecule has 2 aromatic rings. The van der Waals surface area contributed by atoms with E-state index in [1.54, 1.807) is 56.4 Å². The fourth-order valence-electron chi connectivity index (χ4n) is 4.41. The van der Waals surface area contributed by atoms with E-state index in [1.165, 1.54) is 0 Å². The zero-order chi connectivity index (χ0) is 26.9. The van der Waals surface area contributed by atoms with Crippen LogP contribution in [0.1, 0.15) is 63.2 Å². The van der Waals surface area contributed by atoms with Crippen LogP contribution in [0.25, 0.3) is 0 Å². The number of nitrogens with zero attached hydrogens (tertiary/aromatic N) is 2. The Labute approximate surface area is 215 Å². The minimum Gasteiger partial charge on any atom is -0.497 e. The number of methoxy groups -OCH3 is 1. The van der Waals surface area contributed by atoms with E-state index in [-0.39, 0.29) is 35.0 Å². The maximum Gasteiger partial charge on any atom is 0.412 e. The Morgan fingerprint density at radius 2 is 1.73 bits per heavy atom. The van der Waals surface area contributed by atoms with Gasteiger partial charge in [0.15, 0.2) is 5.78 Å². The number of allylic oxidation sites excluding steroid dienone is 2. The summed E-state index contributed by atoms with van der Waals surface area (Å²) < 4.78 is 17.5. The van der Waals surface area contributed by atoms with Crippen molar-refractivity contribution in [2.75, 3.05) is 33.4 Å². The molecule has 2 heterocycles. The van der Waals surface area contributed by atoms with Crippen LogP contribution in [0.5, 0.6) is 5.75 Å². The third-order valence-corrected chi connectivity index (χ3v) is 6.15. The lowest BCUT2D eigenvalue weighted by Crippen LogP contribution is -2.41. The number of nitrogens with one attached hydrogen (secondary N) is 1. The average Bonchev–Trinajstić information content (AvgIpc) is 3.14. The first-order valence-electron chi connectivity index (χ1n) is 12.0. The maximum absolute atomic E-state index is 13.7. The van der Waals surface area contributed by atoms with Crippen molar-refractivity contribution in [3.8, 4) is 5.75 Å². The molecule has 0 bridgehead atoms. The Hall–Kier alpha value is -3.92. The number of Topliss-reactive ketones (excluding diaryl/α,β-unsaturated/α-hetero) is 1. The van der Waals surface area contributed by atoms with Gasteiger partial charge in [-0.1, -0.05) is 12.1 Å². The molecule has 0 radical (unpaired) electrons. The standard InChI is InChI=1S/C27H31N3O7/c1-16-21(25(33)29-10-12-36-13-11-29)22-20(31)14-19(28-26(34)37-27(2,3)4)24(32)23(22)30(16)15-17-6-8-18(35-5)9-7-17/h6-9,14H,10-13,15H2,1-5H3,(H,28,34). The van der Waals surface area contributed by atoms with Crippen LogP contribution >= 0.6 is 0 Å². The van der Waals surface area contributed by atoms with E-state index in [1.807, 2.05) is 12.1 Å². The van der Waals surface area contributed by atoms with Gasteiger partial charge in [-0.15, -0.1) is 0 Å². The largest absolute Gasteiger partial charge is 0.497 e. The van der Waals surface area contributed by atoms with Crippen molar-refractivity contribution >= 4 is 23.6 Å². The quantitative estimate of drug-likeness (QED) is 0.658. The van der Waals surface area contributed by atoms with E-state index in [0.717, 1.165) is 11.6 Å². The van der Waals surface area contributed by atoms with E-state index in [0.29, 0.717) is 37.7 Å². The van der Waals surface area contributed by atoms with Crippen LogP contribution < -0.4 is 10.1 Å². The molecule has 2 amide bonds. The van der Waals surface area contributed by atoms with Crippen LogP contribution in [-0.2, 0) is 16.0 Å². The molecule has 0 atom stereocenters. The van der Waals surface area contributed by atoms with Crippen LogP contribution in [0.4, 0.5) is 4.79 Å². The Morgan fingerprint density at radius 1 is 1.08 bits per heavy atom. The molecule has 1 fully saturated rings. The zero-order valence-corrected chi connectivity index (χ0v) is 21.7. The van der Waals surface area contributed by atoms with Gasteiger partial charge in [0.1, 0.15) is 17.0 Å². The number of alkyl carbamates (subject to hydrolysis) is 1. The number of rotatable bonds is 5. The monoisotopic (exact) mass is 509 g/mol. The molecular formula is C27H31N3O7. The van der Waals surface area contributed by atoms with Crippen LogP contribution in [0, 0.1) is 6.92 Å². The van der Waals surface area contributed by atoms with Gasteiger partial charge in [-0.25, -0.2) is 4.79 Å². The number of fused-ring (bicyclic) bond motifs is 1. The minimum atomic E-state index is -0.849. The van der Waals surface area contributed by atoms with Crippen LogP contribution in [0.2, 0.25) is 0 Å². The molecule has 10 heteroatoms. The molecule has 1 aromatic heterocycles. The Bertz CT molecular complexity index is 1280. The highest BCUT2D eigenvalue weighted by molar-refractivity contribution is 6.27. The van der Waals surface area contributed by atoms with Crippen LogP contribution in [-0.4, -0.2) is 72.0 Å². The highest BCUT2D eigenvalue weighted by Crippen LogP contribution is 2.31. The van der Waals surface area contributed by atoms with Crippen molar-refractivity contribution in [1.82, 2.24) is 14.8 Å². The summed E-state index contributed by atoms with van der Waals surface area (Å²) in [6.45, 7) is 8.61. The summed E-state index contributed by atoms with van der Waals surface area (Å²) >= 11 is 0. The van der Waals surface area contributed by atoms with Crippen molar-refractivity contribution < 1.29 is 33.4 Å². The van der Waals surface area contributed by atoms with Gasteiger partial charge < -0.3 is 23.7 Å². The summed E-state index contributed by atoms with van der Waals surface area (Å²) in [6, 6.07) is 7.28. The summed E-state index contributed by atoms with van der Waals surface area (Å²) in [6.07, 6.45) is 0.208. The molecule has 4 rings (SSSR count). The SMILES string of the molecule is COc1ccc(Cn2c(C)c(C(=O)N3CCOCC3)c3c2C(=O)C(NC(=O)OC(C)(C)C)=CC3=O)cc1. The lowest BCUT2D eigenvalue weighted by Gasteiger charge is -2.27. The maximum atomic E-state index is 13.7. The molecule has 0 unspecified atom stereocenters. The first-order valence-corrected chi connectivity index (χ1v) is 12.0. The predicted octanol–water partition coefficient (Wildman–Crippen LogP) is 3.11. The molecule has 1 aliphatic carbocycles. The molecule has 37 heavy (non-hydrogen) atoms. The molecular weight excluding hydrogens is 478 g/mol. The normalized spacial score (nSPS) is 15.7. The van der Waals surface area contributed by atoms with E-state index in [2.05, 4.69) is 5.32 Å². The highest BCUT2D eigenvalue weighted by Gasteiger charge is 2.38. The lowest BCUT2D eigenvalue weighted by atomic mass is 9.94. The Morgan fingerprint density at radius 3 is 2.32 bits per heavy atom. The van der Waals surface area contributed by atoms with Gasteiger partial charge in [0.05, 0.1) is 37.1 Å². The first-order chi connectivity index (χ1) is 17.5. The molecule has 0 saturated carbocycles. The molecule has 1 aromatic carbocycles. The van der Waals surface area contributed by atoms with E-state index in [9.17, 15) is 19.2 Å².